The highest BCUT2D eigenvalue weighted by Crippen LogP contribution is 2.34. The topological polar surface area (TPSA) is 93.5 Å². The SMILES string of the molecule is CCC1O[C@@H](OCCN=[N+]=[N-])C(OC(C)=O)[C@@H](C)[C@@H]1C. The Kier molecular flexibility index (Phi) is 6.78. The Balaban J connectivity index is 2.72. The van der Waals surface area contributed by atoms with Gasteiger partial charge in [-0.15, -0.1) is 0 Å². The second kappa shape index (κ2) is 8.09. The van der Waals surface area contributed by atoms with E-state index >= 15 is 0 Å². The summed E-state index contributed by atoms with van der Waals surface area (Å²) in [5.74, 6) is 0.0691. The summed E-state index contributed by atoms with van der Waals surface area (Å²) in [5.41, 5.74) is 8.23. The summed E-state index contributed by atoms with van der Waals surface area (Å²) in [6, 6.07) is 0. The van der Waals surface area contributed by atoms with Crippen molar-refractivity contribution in [1.82, 2.24) is 0 Å². The molecule has 5 atom stereocenters. The molecule has 0 aromatic rings. The molecule has 1 saturated heterocycles. The number of carbonyl (C=O) groups is 1. The van der Waals surface area contributed by atoms with Gasteiger partial charge in [0.2, 0.25) is 0 Å². The van der Waals surface area contributed by atoms with Gasteiger partial charge in [-0.25, -0.2) is 0 Å². The van der Waals surface area contributed by atoms with Crippen molar-refractivity contribution in [3.8, 4) is 0 Å². The molecule has 114 valence electrons. The molecular weight excluding hydrogens is 262 g/mol. The summed E-state index contributed by atoms with van der Waals surface area (Å²) in [5, 5.41) is 3.41. The molecule has 1 heterocycles. The lowest BCUT2D eigenvalue weighted by atomic mass is 9.82. The minimum atomic E-state index is -0.607. The number of carbonyl (C=O) groups excluding carboxylic acids is 1. The van der Waals surface area contributed by atoms with Gasteiger partial charge in [-0.3, -0.25) is 4.79 Å². The number of hydrogen-bond acceptors (Lipinski definition) is 5. The van der Waals surface area contributed by atoms with Gasteiger partial charge >= 0.3 is 5.97 Å². The molecule has 0 aromatic carbocycles. The van der Waals surface area contributed by atoms with E-state index in [0.29, 0.717) is 0 Å². The van der Waals surface area contributed by atoms with Crippen LogP contribution in [0.5, 0.6) is 0 Å². The Hall–Kier alpha value is -1.30. The molecule has 7 heteroatoms. The number of azide groups is 1. The van der Waals surface area contributed by atoms with Crippen molar-refractivity contribution in [1.29, 1.82) is 0 Å². The maximum Gasteiger partial charge on any atom is 0.303 e. The Bertz CT molecular complexity index is 371. The molecule has 0 aliphatic carbocycles. The summed E-state index contributed by atoms with van der Waals surface area (Å²) in [4.78, 5) is 13.9. The van der Waals surface area contributed by atoms with Crippen LogP contribution in [0.1, 0.15) is 34.1 Å². The van der Waals surface area contributed by atoms with E-state index in [-0.39, 0.29) is 37.1 Å². The number of rotatable bonds is 6. The molecule has 20 heavy (non-hydrogen) atoms. The van der Waals surface area contributed by atoms with Crippen LogP contribution < -0.4 is 0 Å². The molecule has 1 aliphatic heterocycles. The zero-order valence-electron chi connectivity index (χ0n) is 12.5. The first-order valence-electron chi connectivity index (χ1n) is 6.96. The van der Waals surface area contributed by atoms with Crippen molar-refractivity contribution >= 4 is 5.97 Å². The zero-order chi connectivity index (χ0) is 15.1. The fourth-order valence-electron chi connectivity index (χ4n) is 2.47. The number of hydrogen-bond donors (Lipinski definition) is 0. The number of esters is 1. The quantitative estimate of drug-likeness (QED) is 0.246. The second-order valence-electron chi connectivity index (χ2n) is 5.07. The molecule has 0 saturated carbocycles. The van der Waals surface area contributed by atoms with Crippen molar-refractivity contribution in [3.63, 3.8) is 0 Å². The summed E-state index contributed by atoms with van der Waals surface area (Å²) >= 11 is 0. The molecule has 1 aliphatic rings. The smallest absolute Gasteiger partial charge is 0.303 e. The van der Waals surface area contributed by atoms with Crippen molar-refractivity contribution in [2.75, 3.05) is 13.2 Å². The van der Waals surface area contributed by atoms with Gasteiger partial charge < -0.3 is 14.2 Å². The molecule has 1 fully saturated rings. The van der Waals surface area contributed by atoms with E-state index in [0.717, 1.165) is 6.42 Å². The largest absolute Gasteiger partial charge is 0.457 e. The molecule has 1 rings (SSSR count). The van der Waals surface area contributed by atoms with Crippen LogP contribution in [-0.4, -0.2) is 37.6 Å². The van der Waals surface area contributed by atoms with E-state index in [2.05, 4.69) is 23.9 Å². The van der Waals surface area contributed by atoms with Crippen molar-refractivity contribution < 1.29 is 19.0 Å². The highest BCUT2D eigenvalue weighted by atomic mass is 16.7. The molecule has 0 amide bonds. The van der Waals surface area contributed by atoms with Crippen LogP contribution in [0.4, 0.5) is 0 Å². The third kappa shape index (κ3) is 4.37. The fourth-order valence-corrected chi connectivity index (χ4v) is 2.47. The van der Waals surface area contributed by atoms with E-state index in [1.165, 1.54) is 6.92 Å². The van der Waals surface area contributed by atoms with Gasteiger partial charge in [0.05, 0.1) is 12.7 Å². The van der Waals surface area contributed by atoms with Gasteiger partial charge in [0.25, 0.3) is 0 Å². The first-order chi connectivity index (χ1) is 9.51. The Morgan fingerprint density at radius 2 is 2.10 bits per heavy atom. The second-order valence-corrected chi connectivity index (χ2v) is 5.07. The molecule has 0 aromatic heterocycles. The average molecular weight is 285 g/mol. The molecule has 0 bridgehead atoms. The van der Waals surface area contributed by atoms with Crippen LogP contribution in [0, 0.1) is 11.8 Å². The van der Waals surface area contributed by atoms with E-state index < -0.39 is 12.4 Å². The molecule has 0 radical (unpaired) electrons. The van der Waals surface area contributed by atoms with Crippen LogP contribution >= 0.6 is 0 Å². The summed E-state index contributed by atoms with van der Waals surface area (Å²) in [6.45, 7) is 8.02. The Morgan fingerprint density at radius 1 is 1.40 bits per heavy atom. The minimum absolute atomic E-state index is 0.0706. The van der Waals surface area contributed by atoms with Crippen molar-refractivity contribution in [2.45, 2.75) is 52.6 Å². The zero-order valence-corrected chi connectivity index (χ0v) is 12.5. The van der Waals surface area contributed by atoms with Gasteiger partial charge in [-0.2, -0.15) is 0 Å². The van der Waals surface area contributed by atoms with Crippen LogP contribution in [0.25, 0.3) is 10.4 Å². The monoisotopic (exact) mass is 285 g/mol. The van der Waals surface area contributed by atoms with Crippen LogP contribution in [0.15, 0.2) is 5.11 Å². The summed E-state index contributed by atoms with van der Waals surface area (Å²) in [6.07, 6.45) is -0.101. The summed E-state index contributed by atoms with van der Waals surface area (Å²) < 4.78 is 16.8. The van der Waals surface area contributed by atoms with Gasteiger partial charge in [-0.1, -0.05) is 25.9 Å². The lowest BCUT2D eigenvalue weighted by molar-refractivity contribution is -0.274. The first-order valence-corrected chi connectivity index (χ1v) is 6.96. The molecule has 2 unspecified atom stereocenters. The van der Waals surface area contributed by atoms with Crippen LogP contribution in [0.3, 0.4) is 0 Å². The average Bonchev–Trinajstić information content (AvgIpc) is 2.41. The normalized spacial score (nSPS) is 33.3. The molecule has 7 nitrogen and oxygen atoms in total. The van der Waals surface area contributed by atoms with Gasteiger partial charge in [0.1, 0.15) is 0 Å². The minimum Gasteiger partial charge on any atom is -0.457 e. The van der Waals surface area contributed by atoms with Crippen molar-refractivity contribution in [2.24, 2.45) is 17.0 Å². The van der Waals surface area contributed by atoms with Gasteiger partial charge in [-0.05, 0) is 17.9 Å². The number of nitrogens with zero attached hydrogens (tertiary/aromatic N) is 3. The lowest BCUT2D eigenvalue weighted by Crippen LogP contribution is -2.52. The standard InChI is InChI=1S/C13H23N3O4/c1-5-11-8(2)9(3)12(19-10(4)17)13(20-11)18-7-6-15-16-14/h8-9,11-13H,5-7H2,1-4H3/t8-,9-,11?,12?,13+/m0/s1. The third-order valence-corrected chi connectivity index (χ3v) is 3.75. The Morgan fingerprint density at radius 3 is 2.65 bits per heavy atom. The van der Waals surface area contributed by atoms with Crippen molar-refractivity contribution in [3.05, 3.63) is 10.4 Å². The molecule has 0 N–H and O–H groups in total. The van der Waals surface area contributed by atoms with E-state index in [1.54, 1.807) is 0 Å². The predicted octanol–water partition coefficient (Wildman–Crippen LogP) is 2.65. The van der Waals surface area contributed by atoms with Gasteiger partial charge in [0, 0.05) is 24.3 Å². The fraction of sp³-hybridized carbons (Fsp3) is 0.923. The highest BCUT2D eigenvalue weighted by molar-refractivity contribution is 5.66. The first kappa shape index (κ1) is 16.8. The highest BCUT2D eigenvalue weighted by Gasteiger charge is 2.43. The van der Waals surface area contributed by atoms with E-state index in [9.17, 15) is 4.79 Å². The lowest BCUT2D eigenvalue weighted by Gasteiger charge is -2.43. The van der Waals surface area contributed by atoms with Crippen LogP contribution in [0.2, 0.25) is 0 Å². The van der Waals surface area contributed by atoms with Gasteiger partial charge in [0.15, 0.2) is 12.4 Å². The Labute approximate surface area is 119 Å². The van der Waals surface area contributed by atoms with E-state index in [4.69, 9.17) is 19.7 Å². The van der Waals surface area contributed by atoms with E-state index in [1.807, 2.05) is 6.92 Å². The summed E-state index contributed by atoms with van der Waals surface area (Å²) in [7, 11) is 0. The van der Waals surface area contributed by atoms with Crippen LogP contribution in [-0.2, 0) is 19.0 Å². The number of ether oxygens (including phenoxy) is 3. The third-order valence-electron chi connectivity index (χ3n) is 3.75. The molecule has 0 spiro atoms. The maximum absolute atomic E-state index is 11.2. The maximum atomic E-state index is 11.2. The molecular formula is C13H23N3O4. The predicted molar refractivity (Wildman–Crippen MR) is 72.8 cm³/mol.